The van der Waals surface area contributed by atoms with E-state index in [-0.39, 0.29) is 12.2 Å². The lowest BCUT2D eigenvalue weighted by atomic mass is 10.2. The van der Waals surface area contributed by atoms with E-state index in [0.717, 1.165) is 0 Å². The third-order valence-corrected chi connectivity index (χ3v) is 2.83. The summed E-state index contributed by atoms with van der Waals surface area (Å²) in [5, 5.41) is 0.669. The van der Waals surface area contributed by atoms with Crippen LogP contribution in [0.1, 0.15) is 17.3 Å². The molecule has 0 unspecified atom stereocenters. The van der Waals surface area contributed by atoms with E-state index in [9.17, 15) is 9.59 Å². The van der Waals surface area contributed by atoms with E-state index < -0.39 is 11.6 Å². The van der Waals surface area contributed by atoms with Gasteiger partial charge in [-0.25, -0.2) is 9.59 Å². The average Bonchev–Trinajstić information content (AvgIpc) is 2.30. The molecular formula is C12H9BrO4. The highest BCUT2D eigenvalue weighted by Crippen LogP contribution is 2.22. The summed E-state index contributed by atoms with van der Waals surface area (Å²) in [5.74, 6) is -0.664. The largest absolute Gasteiger partial charge is 0.462 e. The normalized spacial score (nSPS) is 10.5. The highest BCUT2D eigenvalue weighted by molar-refractivity contribution is 9.10. The van der Waals surface area contributed by atoms with E-state index in [1.165, 1.54) is 6.07 Å². The van der Waals surface area contributed by atoms with Crippen molar-refractivity contribution in [2.75, 3.05) is 6.61 Å². The second kappa shape index (κ2) is 4.71. The Labute approximate surface area is 105 Å². The predicted octanol–water partition coefficient (Wildman–Crippen LogP) is 2.73. The molecule has 88 valence electrons. The zero-order valence-electron chi connectivity index (χ0n) is 9.03. The number of carbonyl (C=O) groups excluding carboxylic acids is 1. The molecule has 0 saturated carbocycles. The lowest BCUT2D eigenvalue weighted by Crippen LogP contribution is -2.16. The third kappa shape index (κ3) is 2.24. The Balaban J connectivity index is 2.64. The molecule has 0 saturated heterocycles. The summed E-state index contributed by atoms with van der Waals surface area (Å²) in [6, 6.07) is 6.78. The van der Waals surface area contributed by atoms with Gasteiger partial charge in [-0.2, -0.15) is 0 Å². The van der Waals surface area contributed by atoms with Crippen LogP contribution < -0.4 is 5.63 Å². The number of carbonyl (C=O) groups is 1. The van der Waals surface area contributed by atoms with Crippen molar-refractivity contribution in [3.8, 4) is 0 Å². The van der Waals surface area contributed by atoms with Crippen molar-refractivity contribution < 1.29 is 13.9 Å². The number of halogens is 1. The van der Waals surface area contributed by atoms with E-state index in [2.05, 4.69) is 15.9 Å². The van der Waals surface area contributed by atoms with E-state index in [4.69, 9.17) is 9.15 Å². The maximum atomic E-state index is 11.6. The summed E-state index contributed by atoms with van der Waals surface area (Å²) in [6.45, 7) is 1.89. The van der Waals surface area contributed by atoms with Crippen LogP contribution >= 0.6 is 15.9 Å². The first-order valence-corrected chi connectivity index (χ1v) is 5.82. The van der Waals surface area contributed by atoms with Gasteiger partial charge >= 0.3 is 11.6 Å². The summed E-state index contributed by atoms with van der Waals surface area (Å²) < 4.78 is 10.5. The van der Waals surface area contributed by atoms with E-state index in [1.54, 1.807) is 25.1 Å². The van der Waals surface area contributed by atoms with Crippen LogP contribution in [0.15, 0.2) is 37.9 Å². The van der Waals surface area contributed by atoms with Crippen molar-refractivity contribution in [3.63, 3.8) is 0 Å². The van der Waals surface area contributed by atoms with Gasteiger partial charge in [0, 0.05) is 5.39 Å². The first kappa shape index (κ1) is 11.9. The fourth-order valence-electron chi connectivity index (χ4n) is 1.46. The van der Waals surface area contributed by atoms with Crippen LogP contribution in [0.25, 0.3) is 11.0 Å². The third-order valence-electron chi connectivity index (χ3n) is 2.21. The molecule has 4 nitrogen and oxygen atoms in total. The van der Waals surface area contributed by atoms with Gasteiger partial charge in [0.05, 0.1) is 11.1 Å². The Morgan fingerprint density at radius 3 is 2.94 bits per heavy atom. The second-order valence-electron chi connectivity index (χ2n) is 3.33. The molecule has 0 fully saturated rings. The number of fused-ring (bicyclic) bond motifs is 1. The summed E-state index contributed by atoms with van der Waals surface area (Å²) in [4.78, 5) is 23.1. The summed E-state index contributed by atoms with van der Waals surface area (Å²) in [5.41, 5.74) is -0.356. The summed E-state index contributed by atoms with van der Waals surface area (Å²) >= 11 is 3.27. The van der Waals surface area contributed by atoms with Gasteiger partial charge in [-0.05, 0) is 35.0 Å². The number of esters is 1. The minimum atomic E-state index is -0.692. The molecule has 2 rings (SSSR count). The van der Waals surface area contributed by atoms with Crippen molar-refractivity contribution in [2.45, 2.75) is 6.92 Å². The van der Waals surface area contributed by atoms with Crippen molar-refractivity contribution in [1.29, 1.82) is 0 Å². The average molecular weight is 297 g/mol. The molecule has 0 aliphatic rings. The Morgan fingerprint density at radius 1 is 1.47 bits per heavy atom. The van der Waals surface area contributed by atoms with E-state index in [0.29, 0.717) is 15.4 Å². The van der Waals surface area contributed by atoms with E-state index in [1.807, 2.05) is 0 Å². The first-order valence-electron chi connectivity index (χ1n) is 5.03. The van der Waals surface area contributed by atoms with Crippen LogP contribution in [-0.2, 0) is 4.74 Å². The number of hydrogen-bond donors (Lipinski definition) is 0. The number of hydrogen-bond acceptors (Lipinski definition) is 4. The Kier molecular flexibility index (Phi) is 3.28. The molecule has 2 aromatic rings. The maximum Gasteiger partial charge on any atom is 0.351 e. The predicted molar refractivity (Wildman–Crippen MR) is 66.1 cm³/mol. The van der Waals surface area contributed by atoms with E-state index >= 15 is 0 Å². The molecule has 1 aromatic heterocycles. The van der Waals surface area contributed by atoms with Gasteiger partial charge in [0.1, 0.15) is 5.56 Å². The minimum absolute atomic E-state index is 0.0857. The van der Waals surface area contributed by atoms with Gasteiger partial charge in [0.15, 0.2) is 5.58 Å². The second-order valence-corrected chi connectivity index (χ2v) is 4.18. The quantitative estimate of drug-likeness (QED) is 0.631. The fraction of sp³-hybridized carbons (Fsp3) is 0.167. The number of benzene rings is 1. The molecule has 0 spiro atoms. The van der Waals surface area contributed by atoms with Crippen LogP contribution in [0.4, 0.5) is 0 Å². The lowest BCUT2D eigenvalue weighted by Gasteiger charge is -2.02. The van der Waals surface area contributed by atoms with Gasteiger partial charge in [0.25, 0.3) is 0 Å². The Hall–Kier alpha value is -1.62. The zero-order chi connectivity index (χ0) is 12.4. The number of para-hydroxylation sites is 1. The fourth-order valence-corrected chi connectivity index (χ4v) is 1.92. The topological polar surface area (TPSA) is 56.5 Å². The van der Waals surface area contributed by atoms with Gasteiger partial charge in [-0.1, -0.05) is 12.1 Å². The molecule has 0 radical (unpaired) electrons. The smallest absolute Gasteiger partial charge is 0.351 e. The molecule has 5 heteroatoms. The molecule has 0 aliphatic heterocycles. The molecule has 0 bridgehead atoms. The molecule has 1 aromatic carbocycles. The zero-order valence-corrected chi connectivity index (χ0v) is 10.6. The Morgan fingerprint density at radius 2 is 2.24 bits per heavy atom. The van der Waals surface area contributed by atoms with Gasteiger partial charge in [-0.3, -0.25) is 0 Å². The number of rotatable bonds is 2. The molecule has 0 amide bonds. The standard InChI is InChI=1S/C12H9BrO4/c1-2-16-11(14)8-6-7-4-3-5-9(13)10(7)17-12(8)15/h3-6H,2H2,1H3. The SMILES string of the molecule is CCOC(=O)c1cc2cccc(Br)c2oc1=O. The Bertz CT molecular complexity index is 630. The van der Waals surface area contributed by atoms with Crippen LogP contribution in [0.2, 0.25) is 0 Å². The monoisotopic (exact) mass is 296 g/mol. The molecule has 0 atom stereocenters. The first-order chi connectivity index (χ1) is 8.13. The molecule has 0 aliphatic carbocycles. The molecule has 0 N–H and O–H groups in total. The van der Waals surface area contributed by atoms with Crippen LogP contribution in [0, 0.1) is 0 Å². The maximum absolute atomic E-state index is 11.6. The van der Waals surface area contributed by atoms with Crippen molar-refractivity contribution >= 4 is 32.9 Å². The minimum Gasteiger partial charge on any atom is -0.462 e. The highest BCUT2D eigenvalue weighted by Gasteiger charge is 2.15. The van der Waals surface area contributed by atoms with Crippen molar-refractivity contribution in [3.05, 3.63) is 44.7 Å². The van der Waals surface area contributed by atoms with Crippen LogP contribution in [-0.4, -0.2) is 12.6 Å². The molecular weight excluding hydrogens is 288 g/mol. The molecule has 1 heterocycles. The van der Waals surface area contributed by atoms with Gasteiger partial charge in [0.2, 0.25) is 0 Å². The molecule has 17 heavy (non-hydrogen) atoms. The van der Waals surface area contributed by atoms with Crippen molar-refractivity contribution in [1.82, 2.24) is 0 Å². The number of ether oxygens (including phenoxy) is 1. The summed E-state index contributed by atoms with van der Waals surface area (Å²) in [7, 11) is 0. The highest BCUT2D eigenvalue weighted by atomic mass is 79.9. The van der Waals surface area contributed by atoms with Crippen molar-refractivity contribution in [2.24, 2.45) is 0 Å². The van der Waals surface area contributed by atoms with Gasteiger partial charge < -0.3 is 9.15 Å². The summed E-state index contributed by atoms with van der Waals surface area (Å²) in [6.07, 6.45) is 0. The lowest BCUT2D eigenvalue weighted by molar-refractivity contribution is 0.0522. The van der Waals surface area contributed by atoms with Crippen LogP contribution in [0.5, 0.6) is 0 Å². The van der Waals surface area contributed by atoms with Gasteiger partial charge in [-0.15, -0.1) is 0 Å². The van der Waals surface area contributed by atoms with Crippen LogP contribution in [0.3, 0.4) is 0 Å².